The van der Waals surface area contributed by atoms with Gasteiger partial charge in [-0.25, -0.2) is 0 Å². The zero-order valence-corrected chi connectivity index (χ0v) is 14.4. The average Bonchev–Trinajstić information content (AvgIpc) is 2.53. The lowest BCUT2D eigenvalue weighted by Crippen LogP contribution is -2.11. The van der Waals surface area contributed by atoms with Gasteiger partial charge in [0.15, 0.2) is 0 Å². The summed E-state index contributed by atoms with van der Waals surface area (Å²) in [4.78, 5) is 5.01. The molecule has 2 aliphatic rings. The SMILES string of the molecule is CCc1ccc(C2CCCCC2)c2c1/N=C(C)\C=C\CC2C. The Balaban J connectivity index is 2.15. The minimum absolute atomic E-state index is 0.575. The number of fused-ring (bicyclic) bond motifs is 1. The summed E-state index contributed by atoms with van der Waals surface area (Å²) in [5, 5.41) is 0. The Morgan fingerprint density at radius 3 is 2.64 bits per heavy atom. The van der Waals surface area contributed by atoms with Crippen molar-refractivity contribution in [3.63, 3.8) is 0 Å². The highest BCUT2D eigenvalue weighted by atomic mass is 14.8. The number of aliphatic imine (C=N–C) groups is 1. The fourth-order valence-corrected chi connectivity index (χ4v) is 4.15. The van der Waals surface area contributed by atoms with Gasteiger partial charge in [-0.3, -0.25) is 4.99 Å². The average molecular weight is 295 g/mol. The van der Waals surface area contributed by atoms with Gasteiger partial charge >= 0.3 is 0 Å². The van der Waals surface area contributed by atoms with Gasteiger partial charge < -0.3 is 0 Å². The smallest absolute Gasteiger partial charge is 0.0702 e. The summed E-state index contributed by atoms with van der Waals surface area (Å²) in [6, 6.07) is 4.78. The van der Waals surface area contributed by atoms with E-state index in [1.165, 1.54) is 43.4 Å². The molecule has 22 heavy (non-hydrogen) atoms. The Hall–Kier alpha value is -1.37. The van der Waals surface area contributed by atoms with Crippen molar-refractivity contribution in [1.29, 1.82) is 0 Å². The summed E-state index contributed by atoms with van der Waals surface area (Å²) in [6.07, 6.45) is 13.6. The molecule has 118 valence electrons. The van der Waals surface area contributed by atoms with Gasteiger partial charge in [0, 0.05) is 5.71 Å². The van der Waals surface area contributed by atoms with Gasteiger partial charge in [-0.2, -0.15) is 0 Å². The maximum atomic E-state index is 5.01. The summed E-state index contributed by atoms with van der Waals surface area (Å²) < 4.78 is 0. The molecule has 1 aromatic rings. The number of allylic oxidation sites excluding steroid dienone is 2. The van der Waals surface area contributed by atoms with E-state index in [0.717, 1.165) is 24.5 Å². The predicted molar refractivity (Wildman–Crippen MR) is 96.6 cm³/mol. The molecule has 1 saturated carbocycles. The van der Waals surface area contributed by atoms with Gasteiger partial charge in [-0.15, -0.1) is 0 Å². The number of rotatable bonds is 2. The molecule has 0 radical (unpaired) electrons. The number of nitrogens with zero attached hydrogens (tertiary/aromatic N) is 1. The van der Waals surface area contributed by atoms with Gasteiger partial charge in [0.05, 0.1) is 5.69 Å². The van der Waals surface area contributed by atoms with Crippen molar-refractivity contribution in [3.05, 3.63) is 41.0 Å². The van der Waals surface area contributed by atoms with Crippen LogP contribution in [-0.2, 0) is 6.42 Å². The highest BCUT2D eigenvalue weighted by molar-refractivity contribution is 5.95. The second-order valence-corrected chi connectivity index (χ2v) is 7.06. The summed E-state index contributed by atoms with van der Waals surface area (Å²) in [7, 11) is 0. The second-order valence-electron chi connectivity index (χ2n) is 7.06. The molecule has 0 N–H and O–H groups in total. The van der Waals surface area contributed by atoms with E-state index in [0.29, 0.717) is 5.92 Å². The van der Waals surface area contributed by atoms with Crippen LogP contribution in [0.3, 0.4) is 0 Å². The third kappa shape index (κ3) is 3.04. The van der Waals surface area contributed by atoms with Crippen LogP contribution in [0.2, 0.25) is 0 Å². The molecule has 0 saturated heterocycles. The van der Waals surface area contributed by atoms with Crippen LogP contribution in [0.4, 0.5) is 5.69 Å². The summed E-state index contributed by atoms with van der Waals surface area (Å²) in [5.41, 5.74) is 7.00. The molecule has 1 unspecified atom stereocenters. The second kappa shape index (κ2) is 6.81. The Morgan fingerprint density at radius 2 is 1.91 bits per heavy atom. The monoisotopic (exact) mass is 295 g/mol. The topological polar surface area (TPSA) is 12.4 Å². The van der Waals surface area contributed by atoms with Crippen LogP contribution >= 0.6 is 0 Å². The highest BCUT2D eigenvalue weighted by Gasteiger charge is 2.24. The fourth-order valence-electron chi connectivity index (χ4n) is 4.15. The van der Waals surface area contributed by atoms with Crippen molar-refractivity contribution in [1.82, 2.24) is 0 Å². The molecule has 1 atom stereocenters. The van der Waals surface area contributed by atoms with Crippen LogP contribution in [0, 0.1) is 0 Å². The Morgan fingerprint density at radius 1 is 1.14 bits per heavy atom. The van der Waals surface area contributed by atoms with Crippen LogP contribution in [0.15, 0.2) is 29.3 Å². The van der Waals surface area contributed by atoms with Crippen molar-refractivity contribution < 1.29 is 0 Å². The van der Waals surface area contributed by atoms with E-state index in [-0.39, 0.29) is 0 Å². The molecule has 0 aromatic heterocycles. The number of aryl methyl sites for hydroxylation is 1. The first kappa shape index (κ1) is 15.5. The summed E-state index contributed by atoms with van der Waals surface area (Å²) in [5.74, 6) is 1.33. The zero-order chi connectivity index (χ0) is 15.5. The molecule has 1 heterocycles. The van der Waals surface area contributed by atoms with Crippen LogP contribution in [0.5, 0.6) is 0 Å². The van der Waals surface area contributed by atoms with Crippen molar-refractivity contribution in [2.24, 2.45) is 4.99 Å². The lowest BCUT2D eigenvalue weighted by atomic mass is 9.77. The molecule has 0 bridgehead atoms. The Bertz CT molecular complexity index is 588. The predicted octanol–water partition coefficient (Wildman–Crippen LogP) is 6.45. The van der Waals surface area contributed by atoms with E-state index in [4.69, 9.17) is 4.99 Å². The van der Waals surface area contributed by atoms with Crippen LogP contribution in [0.25, 0.3) is 0 Å². The Labute approximate surface area is 135 Å². The molecule has 3 rings (SSSR count). The molecule has 1 heteroatoms. The van der Waals surface area contributed by atoms with E-state index < -0.39 is 0 Å². The number of hydrogen-bond donors (Lipinski definition) is 0. The first-order valence-corrected chi connectivity index (χ1v) is 9.08. The zero-order valence-electron chi connectivity index (χ0n) is 14.4. The van der Waals surface area contributed by atoms with Crippen molar-refractivity contribution in [2.75, 3.05) is 0 Å². The summed E-state index contributed by atoms with van der Waals surface area (Å²) in [6.45, 7) is 6.76. The van der Waals surface area contributed by atoms with Crippen molar-refractivity contribution >= 4 is 11.4 Å². The molecular formula is C21H29N. The van der Waals surface area contributed by atoms with Gasteiger partial charge in [0.1, 0.15) is 0 Å². The van der Waals surface area contributed by atoms with Crippen molar-refractivity contribution in [2.45, 2.75) is 77.6 Å². The van der Waals surface area contributed by atoms with E-state index in [2.05, 4.69) is 45.1 Å². The molecule has 1 fully saturated rings. The maximum absolute atomic E-state index is 5.01. The maximum Gasteiger partial charge on any atom is 0.0702 e. The van der Waals surface area contributed by atoms with Gasteiger partial charge in [-0.1, -0.05) is 51.3 Å². The quantitative estimate of drug-likeness (QED) is 0.594. The normalized spacial score (nSPS) is 26.5. The molecular weight excluding hydrogens is 266 g/mol. The third-order valence-corrected chi connectivity index (χ3v) is 5.39. The minimum Gasteiger partial charge on any atom is -0.253 e. The lowest BCUT2D eigenvalue weighted by molar-refractivity contribution is 0.440. The molecule has 0 spiro atoms. The van der Waals surface area contributed by atoms with Gasteiger partial charge in [0.25, 0.3) is 0 Å². The molecule has 0 amide bonds. The van der Waals surface area contributed by atoms with E-state index in [9.17, 15) is 0 Å². The van der Waals surface area contributed by atoms with Crippen LogP contribution in [0.1, 0.15) is 87.8 Å². The first-order chi connectivity index (χ1) is 10.7. The molecule has 1 aliphatic heterocycles. The largest absolute Gasteiger partial charge is 0.253 e. The Kier molecular flexibility index (Phi) is 4.81. The highest BCUT2D eigenvalue weighted by Crippen LogP contribution is 2.43. The van der Waals surface area contributed by atoms with Crippen molar-refractivity contribution in [3.8, 4) is 0 Å². The lowest BCUT2D eigenvalue weighted by Gasteiger charge is -2.29. The van der Waals surface area contributed by atoms with E-state index in [1.54, 1.807) is 11.1 Å². The first-order valence-electron chi connectivity index (χ1n) is 9.08. The molecule has 1 aliphatic carbocycles. The minimum atomic E-state index is 0.575. The van der Waals surface area contributed by atoms with Crippen LogP contribution in [-0.4, -0.2) is 5.71 Å². The van der Waals surface area contributed by atoms with Crippen LogP contribution < -0.4 is 0 Å². The molecule has 1 aromatic carbocycles. The standard InChI is InChI=1S/C21H29N/c1-4-17-13-14-19(18-11-6-5-7-12-18)20-15(2)9-8-10-16(3)22-21(17)20/h8,10,13-15,18H,4-7,9,11-12H2,1-3H3/b10-8+,22-16-. The van der Waals surface area contributed by atoms with E-state index >= 15 is 0 Å². The van der Waals surface area contributed by atoms with Gasteiger partial charge in [0.2, 0.25) is 0 Å². The van der Waals surface area contributed by atoms with Gasteiger partial charge in [-0.05, 0) is 67.2 Å². The molecule has 1 nitrogen and oxygen atoms in total. The van der Waals surface area contributed by atoms with E-state index in [1.807, 2.05) is 0 Å². The summed E-state index contributed by atoms with van der Waals surface area (Å²) >= 11 is 0. The fraction of sp³-hybridized carbons (Fsp3) is 0.571. The number of hydrogen-bond acceptors (Lipinski definition) is 1. The third-order valence-electron chi connectivity index (χ3n) is 5.39. The number of benzene rings is 1.